The molecule has 68 valence electrons. The number of anilines is 1. The molecule has 0 saturated heterocycles. The zero-order chi connectivity index (χ0) is 9.26. The second kappa shape index (κ2) is 3.13. The quantitative estimate of drug-likeness (QED) is 0.757. The predicted octanol–water partition coefficient (Wildman–Crippen LogP) is 3.25. The fourth-order valence-corrected chi connectivity index (χ4v) is 1.34. The van der Waals surface area contributed by atoms with Gasteiger partial charge in [0.2, 0.25) is 0 Å². The molecule has 0 unspecified atom stereocenters. The molecule has 2 rings (SSSR count). The first kappa shape index (κ1) is 8.17. The van der Waals surface area contributed by atoms with E-state index in [4.69, 9.17) is 4.42 Å². The Labute approximate surface area is 77.6 Å². The first-order valence-electron chi connectivity index (χ1n) is 4.51. The number of benzene rings is 1. The third-order valence-electron chi connectivity index (χ3n) is 1.86. The molecule has 2 heteroatoms. The Balaban J connectivity index is 2.38. The van der Waals surface area contributed by atoms with Gasteiger partial charge in [-0.3, -0.25) is 0 Å². The van der Waals surface area contributed by atoms with Crippen molar-refractivity contribution in [3.63, 3.8) is 0 Å². The van der Waals surface area contributed by atoms with Crippen LogP contribution in [0.15, 0.2) is 34.7 Å². The number of rotatable bonds is 2. The van der Waals surface area contributed by atoms with Crippen LogP contribution in [0, 0.1) is 0 Å². The van der Waals surface area contributed by atoms with Crippen molar-refractivity contribution in [2.75, 3.05) is 5.32 Å². The maximum absolute atomic E-state index is 5.57. The molecular formula is C11H13NO. The summed E-state index contributed by atoms with van der Waals surface area (Å²) in [6.07, 6.45) is 0. The van der Waals surface area contributed by atoms with Gasteiger partial charge in [0.25, 0.3) is 0 Å². The molecule has 0 bridgehead atoms. The second-order valence-electron chi connectivity index (χ2n) is 3.45. The highest BCUT2D eigenvalue weighted by Gasteiger charge is 2.02. The van der Waals surface area contributed by atoms with Crippen molar-refractivity contribution >= 4 is 16.9 Å². The van der Waals surface area contributed by atoms with Crippen LogP contribution in [-0.4, -0.2) is 6.04 Å². The fraction of sp³-hybridized carbons (Fsp3) is 0.273. The second-order valence-corrected chi connectivity index (χ2v) is 3.45. The molecule has 0 fully saturated rings. The lowest BCUT2D eigenvalue weighted by molar-refractivity contribution is 0.618. The van der Waals surface area contributed by atoms with Gasteiger partial charge in [0.05, 0.1) is 0 Å². The summed E-state index contributed by atoms with van der Waals surface area (Å²) < 4.78 is 5.57. The van der Waals surface area contributed by atoms with Crippen molar-refractivity contribution in [1.82, 2.24) is 0 Å². The molecule has 0 aliphatic carbocycles. The maximum atomic E-state index is 5.57. The van der Waals surface area contributed by atoms with E-state index in [1.54, 1.807) is 0 Å². The smallest absolute Gasteiger partial charge is 0.194 e. The van der Waals surface area contributed by atoms with Gasteiger partial charge in [0, 0.05) is 17.5 Å². The summed E-state index contributed by atoms with van der Waals surface area (Å²) in [6, 6.07) is 10.4. The molecule has 0 saturated carbocycles. The van der Waals surface area contributed by atoms with Gasteiger partial charge in [-0.2, -0.15) is 0 Å². The average Bonchev–Trinajstić information content (AvgIpc) is 2.44. The lowest BCUT2D eigenvalue weighted by atomic mass is 10.2. The van der Waals surface area contributed by atoms with Crippen LogP contribution in [-0.2, 0) is 0 Å². The van der Waals surface area contributed by atoms with Gasteiger partial charge in [-0.15, -0.1) is 0 Å². The van der Waals surface area contributed by atoms with Gasteiger partial charge in [-0.05, 0) is 19.9 Å². The lowest BCUT2D eigenvalue weighted by Crippen LogP contribution is -2.08. The van der Waals surface area contributed by atoms with Crippen LogP contribution in [0.4, 0.5) is 5.88 Å². The van der Waals surface area contributed by atoms with Crippen LogP contribution in [0.2, 0.25) is 0 Å². The van der Waals surface area contributed by atoms with Crippen molar-refractivity contribution in [3.8, 4) is 0 Å². The predicted molar refractivity (Wildman–Crippen MR) is 55.0 cm³/mol. The molecule has 2 nitrogen and oxygen atoms in total. The van der Waals surface area contributed by atoms with E-state index < -0.39 is 0 Å². The molecule has 0 spiro atoms. The molecule has 0 atom stereocenters. The van der Waals surface area contributed by atoms with Crippen molar-refractivity contribution in [2.24, 2.45) is 0 Å². The molecule has 1 aromatic carbocycles. The van der Waals surface area contributed by atoms with Gasteiger partial charge < -0.3 is 9.73 Å². The van der Waals surface area contributed by atoms with E-state index in [0.717, 1.165) is 16.9 Å². The number of hydrogen-bond donors (Lipinski definition) is 1. The van der Waals surface area contributed by atoms with Crippen LogP contribution in [0.5, 0.6) is 0 Å². The standard InChI is InChI=1S/C11H13NO/c1-8(2)12-11-7-9-5-3-4-6-10(9)13-11/h3-8,12H,1-2H3. The third kappa shape index (κ3) is 1.66. The molecule has 0 aliphatic rings. The highest BCUT2D eigenvalue weighted by atomic mass is 16.3. The van der Waals surface area contributed by atoms with E-state index in [9.17, 15) is 0 Å². The minimum atomic E-state index is 0.403. The van der Waals surface area contributed by atoms with Gasteiger partial charge >= 0.3 is 0 Å². The summed E-state index contributed by atoms with van der Waals surface area (Å²) in [7, 11) is 0. The molecule has 1 heterocycles. The Morgan fingerprint density at radius 1 is 1.23 bits per heavy atom. The average molecular weight is 175 g/mol. The van der Waals surface area contributed by atoms with Crippen molar-refractivity contribution in [2.45, 2.75) is 19.9 Å². The highest BCUT2D eigenvalue weighted by Crippen LogP contribution is 2.22. The van der Waals surface area contributed by atoms with Crippen molar-refractivity contribution < 1.29 is 4.42 Å². The Hall–Kier alpha value is -1.44. The van der Waals surface area contributed by atoms with E-state index in [-0.39, 0.29) is 0 Å². The fourth-order valence-electron chi connectivity index (χ4n) is 1.34. The van der Waals surface area contributed by atoms with Crippen molar-refractivity contribution in [3.05, 3.63) is 30.3 Å². The van der Waals surface area contributed by atoms with E-state index >= 15 is 0 Å². The molecule has 0 amide bonds. The number of furan rings is 1. The molecule has 1 N–H and O–H groups in total. The summed E-state index contributed by atoms with van der Waals surface area (Å²) in [5.74, 6) is 0.844. The third-order valence-corrected chi connectivity index (χ3v) is 1.86. The zero-order valence-corrected chi connectivity index (χ0v) is 7.87. The first-order chi connectivity index (χ1) is 6.25. The molecule has 0 aliphatic heterocycles. The zero-order valence-electron chi connectivity index (χ0n) is 7.87. The molecule has 0 radical (unpaired) electrons. The number of fused-ring (bicyclic) bond motifs is 1. The molecule has 13 heavy (non-hydrogen) atoms. The summed E-state index contributed by atoms with van der Waals surface area (Å²) in [6.45, 7) is 4.18. The summed E-state index contributed by atoms with van der Waals surface area (Å²) in [5, 5.41) is 4.37. The van der Waals surface area contributed by atoms with E-state index in [0.29, 0.717) is 6.04 Å². The van der Waals surface area contributed by atoms with Crippen molar-refractivity contribution in [1.29, 1.82) is 0 Å². The van der Waals surface area contributed by atoms with Crippen LogP contribution >= 0.6 is 0 Å². The minimum absolute atomic E-state index is 0.403. The van der Waals surface area contributed by atoms with E-state index in [2.05, 4.69) is 19.2 Å². The summed E-state index contributed by atoms with van der Waals surface area (Å²) in [4.78, 5) is 0. The van der Waals surface area contributed by atoms with Crippen LogP contribution in [0.25, 0.3) is 11.0 Å². The van der Waals surface area contributed by atoms with Gasteiger partial charge in [-0.25, -0.2) is 0 Å². The largest absolute Gasteiger partial charge is 0.441 e. The lowest BCUT2D eigenvalue weighted by Gasteiger charge is -2.04. The SMILES string of the molecule is CC(C)Nc1cc2ccccc2o1. The van der Waals surface area contributed by atoms with Gasteiger partial charge in [0.15, 0.2) is 5.88 Å². The minimum Gasteiger partial charge on any atom is -0.441 e. The monoisotopic (exact) mass is 175 g/mol. The number of nitrogens with one attached hydrogen (secondary N) is 1. The maximum Gasteiger partial charge on any atom is 0.194 e. The summed E-state index contributed by atoms with van der Waals surface area (Å²) >= 11 is 0. The van der Waals surface area contributed by atoms with E-state index in [1.165, 1.54) is 0 Å². The Morgan fingerprint density at radius 3 is 2.69 bits per heavy atom. The molecule has 2 aromatic rings. The summed E-state index contributed by atoms with van der Waals surface area (Å²) in [5.41, 5.74) is 0.936. The van der Waals surface area contributed by atoms with Gasteiger partial charge in [0.1, 0.15) is 5.58 Å². The van der Waals surface area contributed by atoms with Crippen LogP contribution in [0.1, 0.15) is 13.8 Å². The number of hydrogen-bond acceptors (Lipinski definition) is 2. The first-order valence-corrected chi connectivity index (χ1v) is 4.51. The Bertz CT molecular complexity index is 370. The van der Waals surface area contributed by atoms with Crippen LogP contribution < -0.4 is 5.32 Å². The van der Waals surface area contributed by atoms with E-state index in [1.807, 2.05) is 30.3 Å². The topological polar surface area (TPSA) is 25.2 Å². The Morgan fingerprint density at radius 2 is 2.00 bits per heavy atom. The normalized spacial score (nSPS) is 11.0. The molecule has 1 aromatic heterocycles. The van der Waals surface area contributed by atoms with Crippen LogP contribution in [0.3, 0.4) is 0 Å². The molecular weight excluding hydrogens is 162 g/mol. The Kier molecular flexibility index (Phi) is 1.97. The number of para-hydroxylation sites is 1. The van der Waals surface area contributed by atoms with Gasteiger partial charge in [-0.1, -0.05) is 18.2 Å². The highest BCUT2D eigenvalue weighted by molar-refractivity contribution is 5.80.